The standard InChI is InChI=1S/C16H23N3O/c17-12-16(7-2-1-3-8-16)15(20)19-10-6-14-13(11-19)5-4-9-18-14/h4-5,9H,1-3,6-8,10-12,17H2. The SMILES string of the molecule is NCC1(C(=O)N2CCc3ncccc3C2)CCCCC1. The van der Waals surface area contributed by atoms with Gasteiger partial charge in [-0.25, -0.2) is 0 Å². The van der Waals surface area contributed by atoms with Crippen molar-refractivity contribution in [3.8, 4) is 0 Å². The Labute approximate surface area is 120 Å². The Kier molecular flexibility index (Phi) is 3.74. The van der Waals surface area contributed by atoms with Crippen LogP contribution < -0.4 is 5.73 Å². The second kappa shape index (κ2) is 5.52. The van der Waals surface area contributed by atoms with E-state index in [4.69, 9.17) is 5.73 Å². The van der Waals surface area contributed by atoms with Crippen LogP contribution in [0.3, 0.4) is 0 Å². The van der Waals surface area contributed by atoms with Crippen molar-refractivity contribution >= 4 is 5.91 Å². The molecule has 0 unspecified atom stereocenters. The summed E-state index contributed by atoms with van der Waals surface area (Å²) in [6, 6.07) is 4.03. The minimum atomic E-state index is -0.294. The third-order valence-electron chi connectivity index (χ3n) is 4.91. The predicted octanol–water partition coefficient (Wildman–Crippen LogP) is 1.88. The molecule has 2 aliphatic rings. The highest BCUT2D eigenvalue weighted by Gasteiger charge is 2.41. The van der Waals surface area contributed by atoms with E-state index in [1.54, 1.807) is 0 Å². The molecule has 3 rings (SSSR count). The number of nitrogens with zero attached hydrogens (tertiary/aromatic N) is 2. The van der Waals surface area contributed by atoms with Crippen LogP contribution in [0.4, 0.5) is 0 Å². The molecule has 1 fully saturated rings. The van der Waals surface area contributed by atoms with Crippen molar-refractivity contribution in [1.29, 1.82) is 0 Å². The minimum Gasteiger partial charge on any atom is -0.337 e. The van der Waals surface area contributed by atoms with Crippen molar-refractivity contribution in [3.05, 3.63) is 29.6 Å². The number of amides is 1. The van der Waals surface area contributed by atoms with E-state index in [0.717, 1.165) is 44.3 Å². The molecule has 1 saturated carbocycles. The van der Waals surface area contributed by atoms with Crippen LogP contribution in [-0.2, 0) is 17.8 Å². The number of hydrogen-bond acceptors (Lipinski definition) is 3. The maximum Gasteiger partial charge on any atom is 0.230 e. The van der Waals surface area contributed by atoms with Crippen molar-refractivity contribution < 1.29 is 4.79 Å². The van der Waals surface area contributed by atoms with Gasteiger partial charge in [0.25, 0.3) is 0 Å². The van der Waals surface area contributed by atoms with E-state index >= 15 is 0 Å². The second-order valence-electron chi connectivity index (χ2n) is 6.13. The molecule has 4 nitrogen and oxygen atoms in total. The molecule has 0 spiro atoms. The van der Waals surface area contributed by atoms with E-state index in [2.05, 4.69) is 11.1 Å². The molecular formula is C16H23N3O. The molecule has 0 bridgehead atoms. The van der Waals surface area contributed by atoms with Crippen LogP contribution in [-0.4, -0.2) is 28.9 Å². The molecule has 0 radical (unpaired) electrons. The van der Waals surface area contributed by atoms with Crippen LogP contribution in [0.25, 0.3) is 0 Å². The largest absolute Gasteiger partial charge is 0.337 e. The van der Waals surface area contributed by atoms with E-state index in [9.17, 15) is 4.79 Å². The monoisotopic (exact) mass is 273 g/mol. The molecule has 1 aliphatic heterocycles. The summed E-state index contributed by atoms with van der Waals surface area (Å²) in [5.41, 5.74) is 8.02. The number of hydrogen-bond donors (Lipinski definition) is 1. The Morgan fingerprint density at radius 1 is 1.35 bits per heavy atom. The van der Waals surface area contributed by atoms with Crippen LogP contribution in [0, 0.1) is 5.41 Å². The molecular weight excluding hydrogens is 250 g/mol. The molecule has 1 aromatic heterocycles. The summed E-state index contributed by atoms with van der Waals surface area (Å²) in [5.74, 6) is 0.272. The van der Waals surface area contributed by atoms with E-state index < -0.39 is 0 Å². The highest BCUT2D eigenvalue weighted by atomic mass is 16.2. The van der Waals surface area contributed by atoms with E-state index in [0.29, 0.717) is 13.1 Å². The Morgan fingerprint density at radius 3 is 2.90 bits per heavy atom. The first-order valence-corrected chi connectivity index (χ1v) is 7.67. The average Bonchev–Trinajstić information content (AvgIpc) is 2.54. The van der Waals surface area contributed by atoms with Gasteiger partial charge in [-0.2, -0.15) is 0 Å². The summed E-state index contributed by atoms with van der Waals surface area (Å²) in [4.78, 5) is 19.3. The first-order valence-electron chi connectivity index (χ1n) is 7.67. The van der Waals surface area contributed by atoms with Crippen LogP contribution in [0.1, 0.15) is 43.4 Å². The third-order valence-corrected chi connectivity index (χ3v) is 4.91. The van der Waals surface area contributed by atoms with Gasteiger partial charge >= 0.3 is 0 Å². The fourth-order valence-electron chi connectivity index (χ4n) is 3.61. The summed E-state index contributed by atoms with van der Waals surface area (Å²) in [6.45, 7) is 1.97. The summed E-state index contributed by atoms with van der Waals surface area (Å²) in [7, 11) is 0. The van der Waals surface area contributed by atoms with Gasteiger partial charge in [0.2, 0.25) is 5.91 Å². The van der Waals surface area contributed by atoms with Crippen molar-refractivity contribution in [2.45, 2.75) is 45.1 Å². The van der Waals surface area contributed by atoms with Crippen molar-refractivity contribution in [3.63, 3.8) is 0 Å². The topological polar surface area (TPSA) is 59.2 Å². The van der Waals surface area contributed by atoms with Gasteiger partial charge in [-0.05, 0) is 24.5 Å². The molecule has 0 aromatic carbocycles. The van der Waals surface area contributed by atoms with Gasteiger partial charge in [0.1, 0.15) is 0 Å². The highest BCUT2D eigenvalue weighted by molar-refractivity contribution is 5.83. The lowest BCUT2D eigenvalue weighted by Crippen LogP contribution is -2.50. The zero-order valence-electron chi connectivity index (χ0n) is 12.0. The van der Waals surface area contributed by atoms with Crippen molar-refractivity contribution in [2.75, 3.05) is 13.1 Å². The number of pyridine rings is 1. The number of carbonyl (C=O) groups is 1. The first kappa shape index (κ1) is 13.6. The average molecular weight is 273 g/mol. The first-order chi connectivity index (χ1) is 9.75. The molecule has 1 amide bonds. The van der Waals surface area contributed by atoms with E-state index in [-0.39, 0.29) is 11.3 Å². The Bertz CT molecular complexity index is 494. The van der Waals surface area contributed by atoms with E-state index in [1.807, 2.05) is 17.2 Å². The summed E-state index contributed by atoms with van der Waals surface area (Å²) in [6.07, 6.45) is 8.12. The lowest BCUT2D eigenvalue weighted by molar-refractivity contribution is -0.144. The fraction of sp³-hybridized carbons (Fsp3) is 0.625. The quantitative estimate of drug-likeness (QED) is 0.895. The van der Waals surface area contributed by atoms with Crippen LogP contribution in [0.5, 0.6) is 0 Å². The van der Waals surface area contributed by atoms with E-state index in [1.165, 1.54) is 12.0 Å². The van der Waals surface area contributed by atoms with Crippen LogP contribution >= 0.6 is 0 Å². The highest BCUT2D eigenvalue weighted by Crippen LogP contribution is 2.38. The van der Waals surface area contributed by atoms with Gasteiger partial charge in [-0.1, -0.05) is 25.3 Å². The van der Waals surface area contributed by atoms with Gasteiger partial charge in [-0.15, -0.1) is 0 Å². The Balaban J connectivity index is 1.78. The number of nitrogens with two attached hydrogens (primary N) is 1. The molecule has 1 aliphatic carbocycles. The molecule has 2 heterocycles. The zero-order valence-corrected chi connectivity index (χ0v) is 12.0. The molecule has 1 aromatic rings. The zero-order chi connectivity index (χ0) is 14.0. The van der Waals surface area contributed by atoms with Gasteiger partial charge in [0.15, 0.2) is 0 Å². The lowest BCUT2D eigenvalue weighted by Gasteiger charge is -2.40. The maximum atomic E-state index is 12.9. The predicted molar refractivity (Wildman–Crippen MR) is 77.9 cm³/mol. The second-order valence-corrected chi connectivity index (χ2v) is 6.13. The molecule has 0 atom stereocenters. The van der Waals surface area contributed by atoms with Gasteiger partial charge in [0, 0.05) is 37.9 Å². The fourth-order valence-corrected chi connectivity index (χ4v) is 3.61. The van der Waals surface area contributed by atoms with Gasteiger partial charge in [0.05, 0.1) is 5.41 Å². The Hall–Kier alpha value is -1.42. The number of rotatable bonds is 2. The summed E-state index contributed by atoms with van der Waals surface area (Å²) in [5, 5.41) is 0. The van der Waals surface area contributed by atoms with Crippen LogP contribution in [0.2, 0.25) is 0 Å². The number of carbonyl (C=O) groups excluding carboxylic acids is 1. The molecule has 0 saturated heterocycles. The maximum absolute atomic E-state index is 12.9. The lowest BCUT2D eigenvalue weighted by atomic mass is 9.73. The Morgan fingerprint density at radius 2 is 2.15 bits per heavy atom. The van der Waals surface area contributed by atoms with Gasteiger partial charge < -0.3 is 10.6 Å². The molecule has 2 N–H and O–H groups in total. The molecule has 20 heavy (non-hydrogen) atoms. The number of fused-ring (bicyclic) bond motifs is 1. The van der Waals surface area contributed by atoms with Gasteiger partial charge in [-0.3, -0.25) is 9.78 Å². The molecule has 108 valence electrons. The summed E-state index contributed by atoms with van der Waals surface area (Å²) >= 11 is 0. The van der Waals surface area contributed by atoms with Crippen LogP contribution in [0.15, 0.2) is 18.3 Å². The number of aromatic nitrogens is 1. The smallest absolute Gasteiger partial charge is 0.230 e. The minimum absolute atomic E-state index is 0.272. The molecule has 4 heteroatoms. The normalized spacial score (nSPS) is 21.4. The van der Waals surface area contributed by atoms with Crippen molar-refractivity contribution in [1.82, 2.24) is 9.88 Å². The van der Waals surface area contributed by atoms with Crippen molar-refractivity contribution in [2.24, 2.45) is 11.1 Å². The third kappa shape index (κ3) is 2.33. The summed E-state index contributed by atoms with van der Waals surface area (Å²) < 4.78 is 0.